The molecule has 38 heavy (non-hydrogen) atoms. The van der Waals surface area contributed by atoms with Gasteiger partial charge in [-0.05, 0) is 51.5 Å². The van der Waals surface area contributed by atoms with Crippen molar-refractivity contribution in [1.29, 1.82) is 0 Å². The van der Waals surface area contributed by atoms with Crippen molar-refractivity contribution >= 4 is 17.7 Å². The van der Waals surface area contributed by atoms with Crippen molar-refractivity contribution in [3.05, 3.63) is 35.5 Å². The quantitative estimate of drug-likeness (QED) is 0.311. The van der Waals surface area contributed by atoms with Crippen LogP contribution in [0.5, 0.6) is 0 Å². The molecule has 6 rings (SSSR count). The van der Waals surface area contributed by atoms with Crippen LogP contribution in [0.25, 0.3) is 0 Å². The molecule has 4 aliphatic heterocycles. The molecule has 0 unspecified atom stereocenters. The van der Waals surface area contributed by atoms with Gasteiger partial charge in [-0.1, -0.05) is 24.6 Å². The zero-order chi connectivity index (χ0) is 26.9. The average Bonchev–Trinajstić information content (AvgIpc) is 3.65. The van der Waals surface area contributed by atoms with E-state index in [-0.39, 0.29) is 37.6 Å². The number of hydrogen-bond donors (Lipinski definition) is 1. The monoisotopic (exact) mass is 528 g/mol. The number of rotatable bonds is 1. The second-order valence-electron chi connectivity index (χ2n) is 12.0. The molecule has 4 fully saturated rings. The number of ketones is 1. The standard InChI is InChI=1S/C29H36O9/c1-17-7-10-27-15-34-24(32)13-19-8-11-35-28(18(2)30,25(19)33)9-5-4-6-23(31)38-20-14-22(37-21(27)12-17)29(16-36-29)26(20,27)3/h4,6,12-13,20-22,25,33H,5,7-11,14-16H2,1-3H3/b6-4+,19-13+/t20-,21+,22-,25-,26-,27+,28+,29+/m1/s1. The summed E-state index contributed by atoms with van der Waals surface area (Å²) in [5, 5.41) is 11.2. The predicted octanol–water partition coefficient (Wildman–Crippen LogP) is 2.50. The second kappa shape index (κ2) is 8.84. The first-order chi connectivity index (χ1) is 18.1. The van der Waals surface area contributed by atoms with Crippen LogP contribution in [0.1, 0.15) is 59.3 Å². The van der Waals surface area contributed by atoms with Gasteiger partial charge in [0.2, 0.25) is 0 Å². The molecule has 2 aliphatic carbocycles. The first kappa shape index (κ1) is 25.9. The van der Waals surface area contributed by atoms with E-state index >= 15 is 0 Å². The zero-order valence-corrected chi connectivity index (χ0v) is 22.2. The highest BCUT2D eigenvalue weighted by molar-refractivity contribution is 5.88. The SMILES string of the molecule is CC(=O)[C@]12CC/C=C/C(=O)O[C@@H]3C[C@H]4O[C@H]5C=C(C)CC[C@@]5(COC(=O)/C=C(\CCO1)[C@H]2O)[C@]3(C)[C@]41CO1. The third-order valence-electron chi connectivity index (χ3n) is 10.3. The van der Waals surface area contributed by atoms with Gasteiger partial charge in [0.15, 0.2) is 11.4 Å². The third-order valence-corrected chi connectivity index (χ3v) is 10.3. The minimum atomic E-state index is -1.49. The van der Waals surface area contributed by atoms with Crippen LogP contribution in [0.4, 0.5) is 0 Å². The van der Waals surface area contributed by atoms with Crippen LogP contribution >= 0.6 is 0 Å². The summed E-state index contributed by atoms with van der Waals surface area (Å²) in [6, 6.07) is 0. The van der Waals surface area contributed by atoms with Gasteiger partial charge in [-0.25, -0.2) is 9.59 Å². The number of carbonyl (C=O) groups excluding carboxylic acids is 3. The Balaban J connectivity index is 1.42. The Morgan fingerprint density at radius 1 is 1.08 bits per heavy atom. The minimum Gasteiger partial charge on any atom is -0.462 e. The number of allylic oxidation sites excluding steroid dienone is 2. The topological polar surface area (TPSA) is 121 Å². The highest BCUT2D eigenvalue weighted by Crippen LogP contribution is 2.72. The van der Waals surface area contributed by atoms with E-state index in [0.29, 0.717) is 37.9 Å². The number of esters is 2. The first-order valence-corrected chi connectivity index (χ1v) is 13.6. The van der Waals surface area contributed by atoms with Crippen molar-refractivity contribution in [2.75, 3.05) is 19.8 Å². The lowest BCUT2D eigenvalue weighted by molar-refractivity contribution is -0.232. The lowest BCUT2D eigenvalue weighted by atomic mass is 9.51. The maximum atomic E-state index is 13.2. The van der Waals surface area contributed by atoms with E-state index in [1.54, 1.807) is 6.08 Å². The van der Waals surface area contributed by atoms with Crippen LogP contribution in [0.15, 0.2) is 35.5 Å². The van der Waals surface area contributed by atoms with Gasteiger partial charge in [-0.3, -0.25) is 4.79 Å². The predicted molar refractivity (Wildman–Crippen MR) is 133 cm³/mol. The lowest BCUT2D eigenvalue weighted by Gasteiger charge is -2.58. The summed E-state index contributed by atoms with van der Waals surface area (Å²) >= 11 is 0. The molecule has 0 aromatic carbocycles. The molecule has 1 N–H and O–H groups in total. The molecule has 0 aromatic rings. The molecular weight excluding hydrogens is 492 g/mol. The number of aliphatic hydroxyl groups excluding tert-OH is 1. The third kappa shape index (κ3) is 3.48. The molecule has 206 valence electrons. The summed E-state index contributed by atoms with van der Waals surface area (Å²) in [7, 11) is 0. The first-order valence-electron chi connectivity index (χ1n) is 13.6. The van der Waals surface area contributed by atoms with Crippen molar-refractivity contribution in [2.24, 2.45) is 10.8 Å². The molecule has 3 saturated heterocycles. The van der Waals surface area contributed by atoms with Crippen molar-refractivity contribution < 1.29 is 43.2 Å². The molecule has 0 aromatic heterocycles. The fourth-order valence-electron chi connectivity index (χ4n) is 7.88. The van der Waals surface area contributed by atoms with E-state index in [1.807, 2.05) is 0 Å². The van der Waals surface area contributed by atoms with Crippen molar-refractivity contribution in [1.82, 2.24) is 0 Å². The van der Waals surface area contributed by atoms with Gasteiger partial charge >= 0.3 is 11.9 Å². The molecule has 0 radical (unpaired) electrons. The van der Waals surface area contributed by atoms with E-state index in [4.69, 9.17) is 23.7 Å². The van der Waals surface area contributed by atoms with E-state index in [1.165, 1.54) is 24.6 Å². The van der Waals surface area contributed by atoms with E-state index in [0.717, 1.165) is 6.42 Å². The molecule has 9 heteroatoms. The average molecular weight is 529 g/mol. The molecule has 6 aliphatic rings. The summed E-state index contributed by atoms with van der Waals surface area (Å²) in [4.78, 5) is 38.9. The fourth-order valence-corrected chi connectivity index (χ4v) is 7.88. The van der Waals surface area contributed by atoms with Crippen LogP contribution in [0.3, 0.4) is 0 Å². The van der Waals surface area contributed by atoms with E-state index in [2.05, 4.69) is 19.9 Å². The van der Waals surface area contributed by atoms with Crippen molar-refractivity contribution in [3.63, 3.8) is 0 Å². The van der Waals surface area contributed by atoms with Gasteiger partial charge in [0.05, 0.1) is 30.8 Å². The molecule has 2 spiro atoms. The van der Waals surface area contributed by atoms with Crippen LogP contribution in [-0.4, -0.2) is 78.3 Å². The van der Waals surface area contributed by atoms with Gasteiger partial charge in [-0.2, -0.15) is 0 Å². The summed E-state index contributed by atoms with van der Waals surface area (Å²) in [5.74, 6) is -1.41. The number of carbonyl (C=O) groups is 3. The number of Topliss-reactive ketones (excluding diaryl/α,β-unsaturated/α-hetero) is 1. The Hall–Kier alpha value is -2.33. The molecule has 8 atom stereocenters. The summed E-state index contributed by atoms with van der Waals surface area (Å²) in [6.07, 6.45) is 6.90. The number of epoxide rings is 1. The summed E-state index contributed by atoms with van der Waals surface area (Å²) in [6.45, 7) is 6.28. The van der Waals surface area contributed by atoms with Crippen molar-refractivity contribution in [3.8, 4) is 0 Å². The number of aliphatic hydroxyl groups is 1. The highest BCUT2D eigenvalue weighted by Gasteiger charge is 2.83. The molecule has 9 nitrogen and oxygen atoms in total. The Kier molecular flexibility index (Phi) is 6.03. The maximum Gasteiger partial charge on any atom is 0.330 e. The highest BCUT2D eigenvalue weighted by atomic mass is 16.6. The fraction of sp³-hybridized carbons (Fsp3) is 0.690. The Morgan fingerprint density at radius 2 is 1.87 bits per heavy atom. The number of ether oxygens (including phenoxy) is 5. The van der Waals surface area contributed by atoms with Crippen LogP contribution in [0, 0.1) is 10.8 Å². The molecular formula is C29H36O9. The zero-order valence-electron chi connectivity index (χ0n) is 22.2. The van der Waals surface area contributed by atoms with E-state index < -0.39 is 46.2 Å². The Labute approximate surface area is 222 Å². The number of fused-ring (bicyclic) bond motifs is 2. The maximum absolute atomic E-state index is 13.2. The largest absolute Gasteiger partial charge is 0.462 e. The van der Waals surface area contributed by atoms with Gasteiger partial charge in [0.1, 0.15) is 24.4 Å². The van der Waals surface area contributed by atoms with Crippen LogP contribution < -0.4 is 0 Å². The van der Waals surface area contributed by atoms with Crippen molar-refractivity contribution in [2.45, 2.75) is 94.9 Å². The number of hydrogen-bond acceptors (Lipinski definition) is 9. The lowest BCUT2D eigenvalue weighted by Crippen LogP contribution is -2.66. The van der Waals surface area contributed by atoms with Gasteiger partial charge < -0.3 is 28.8 Å². The molecule has 0 amide bonds. The van der Waals surface area contributed by atoms with Crippen LogP contribution in [0.2, 0.25) is 0 Å². The molecule has 4 bridgehead atoms. The van der Waals surface area contributed by atoms with Crippen LogP contribution in [-0.2, 0) is 38.1 Å². The normalized spacial score (nSPS) is 48.6. The molecule has 1 saturated carbocycles. The smallest absolute Gasteiger partial charge is 0.330 e. The summed E-state index contributed by atoms with van der Waals surface area (Å²) in [5.41, 5.74) is -1.77. The van der Waals surface area contributed by atoms with Gasteiger partial charge in [0.25, 0.3) is 0 Å². The Morgan fingerprint density at radius 3 is 2.61 bits per heavy atom. The van der Waals surface area contributed by atoms with E-state index in [9.17, 15) is 19.5 Å². The van der Waals surface area contributed by atoms with Gasteiger partial charge in [0, 0.05) is 24.0 Å². The molecule has 4 heterocycles. The summed E-state index contributed by atoms with van der Waals surface area (Å²) < 4.78 is 30.6. The second-order valence-corrected chi connectivity index (χ2v) is 12.0. The number of cyclic esters (lactones) is 1. The van der Waals surface area contributed by atoms with Gasteiger partial charge in [-0.15, -0.1) is 0 Å². The Bertz CT molecular complexity index is 1150. The minimum absolute atomic E-state index is 0.0483.